The van der Waals surface area contributed by atoms with Crippen molar-refractivity contribution in [2.24, 2.45) is 5.92 Å². The molecule has 2 aromatic rings. The van der Waals surface area contributed by atoms with Crippen LogP contribution in [-0.4, -0.2) is 24.7 Å². The Morgan fingerprint density at radius 2 is 2.30 bits per heavy atom. The Morgan fingerprint density at radius 1 is 1.45 bits per heavy atom. The van der Waals surface area contributed by atoms with Crippen LogP contribution >= 0.6 is 11.3 Å². The minimum absolute atomic E-state index is 0.419. The van der Waals surface area contributed by atoms with Gasteiger partial charge in [0.2, 0.25) is 0 Å². The van der Waals surface area contributed by atoms with Crippen molar-refractivity contribution >= 4 is 21.6 Å². The molecule has 0 aromatic carbocycles. The predicted molar refractivity (Wildman–Crippen MR) is 84.2 cm³/mol. The Hall–Kier alpha value is -0.970. The third kappa shape index (κ3) is 3.19. The molecule has 3 nitrogen and oxygen atoms in total. The second-order valence-electron chi connectivity index (χ2n) is 5.47. The molecule has 3 heterocycles. The second kappa shape index (κ2) is 6.66. The van der Waals surface area contributed by atoms with E-state index in [0.717, 1.165) is 31.2 Å². The summed E-state index contributed by atoms with van der Waals surface area (Å²) in [7, 11) is 0. The molecule has 1 aliphatic rings. The molecule has 108 valence electrons. The van der Waals surface area contributed by atoms with Crippen molar-refractivity contribution in [2.75, 3.05) is 19.8 Å². The average Bonchev–Trinajstić information content (AvgIpc) is 2.95. The van der Waals surface area contributed by atoms with Crippen LogP contribution in [0.4, 0.5) is 0 Å². The zero-order valence-electron chi connectivity index (χ0n) is 12.0. The Balaban J connectivity index is 1.77. The maximum atomic E-state index is 5.46. The summed E-state index contributed by atoms with van der Waals surface area (Å²) in [5.41, 5.74) is 2.44. The van der Waals surface area contributed by atoms with E-state index in [-0.39, 0.29) is 0 Å². The number of pyridine rings is 1. The van der Waals surface area contributed by atoms with Crippen molar-refractivity contribution in [3.63, 3.8) is 0 Å². The lowest BCUT2D eigenvalue weighted by Crippen LogP contribution is -2.26. The first-order chi connectivity index (χ1) is 9.86. The van der Waals surface area contributed by atoms with E-state index >= 15 is 0 Å². The molecule has 0 saturated carbocycles. The fraction of sp³-hybridized carbons (Fsp3) is 0.562. The lowest BCUT2D eigenvalue weighted by molar-refractivity contribution is 0.0606. The predicted octanol–water partition coefficient (Wildman–Crippen LogP) is 3.76. The molecule has 3 rings (SSSR count). The van der Waals surface area contributed by atoms with E-state index in [2.05, 4.69) is 34.7 Å². The van der Waals surface area contributed by atoms with Gasteiger partial charge < -0.3 is 10.1 Å². The van der Waals surface area contributed by atoms with Crippen molar-refractivity contribution in [3.05, 3.63) is 29.3 Å². The number of hydrogen-bond donors (Lipinski definition) is 1. The minimum Gasteiger partial charge on any atom is -0.381 e. The van der Waals surface area contributed by atoms with Gasteiger partial charge in [0.05, 0.1) is 10.2 Å². The van der Waals surface area contributed by atoms with Gasteiger partial charge in [0.25, 0.3) is 0 Å². The standard InChI is InChI=1S/C16H22N2OS/c1-2-17-15(9-12-3-6-19-7-4-12)13-10-16-14(18-11-13)5-8-20-16/h5,8,10-12,15,17H,2-4,6-7,9H2,1H3. The molecule has 1 unspecified atom stereocenters. The Bertz CT molecular complexity index is 548. The van der Waals surface area contributed by atoms with E-state index < -0.39 is 0 Å². The van der Waals surface area contributed by atoms with Gasteiger partial charge in [-0.25, -0.2) is 0 Å². The van der Waals surface area contributed by atoms with Crippen LogP contribution < -0.4 is 5.32 Å². The first-order valence-electron chi connectivity index (χ1n) is 7.51. The van der Waals surface area contributed by atoms with Crippen LogP contribution in [0.2, 0.25) is 0 Å². The molecule has 4 heteroatoms. The highest BCUT2D eigenvalue weighted by Crippen LogP contribution is 2.29. The number of rotatable bonds is 5. The lowest BCUT2D eigenvalue weighted by atomic mass is 9.90. The summed E-state index contributed by atoms with van der Waals surface area (Å²) in [5, 5.41) is 5.74. The third-order valence-electron chi connectivity index (χ3n) is 4.09. The van der Waals surface area contributed by atoms with E-state index in [0.29, 0.717) is 6.04 Å². The summed E-state index contributed by atoms with van der Waals surface area (Å²) in [6.45, 7) is 5.02. The second-order valence-corrected chi connectivity index (χ2v) is 6.42. The third-order valence-corrected chi connectivity index (χ3v) is 4.94. The van der Waals surface area contributed by atoms with E-state index in [1.54, 1.807) is 11.3 Å². The highest BCUT2D eigenvalue weighted by Gasteiger charge is 2.20. The summed E-state index contributed by atoms with van der Waals surface area (Å²) in [6.07, 6.45) is 5.62. The van der Waals surface area contributed by atoms with Gasteiger partial charge in [0.1, 0.15) is 0 Å². The smallest absolute Gasteiger partial charge is 0.0809 e. The maximum Gasteiger partial charge on any atom is 0.0809 e. The van der Waals surface area contributed by atoms with Gasteiger partial charge in [-0.15, -0.1) is 11.3 Å². The van der Waals surface area contributed by atoms with E-state index in [4.69, 9.17) is 4.74 Å². The number of fused-ring (bicyclic) bond motifs is 1. The summed E-state index contributed by atoms with van der Waals surface area (Å²) >= 11 is 1.77. The summed E-state index contributed by atoms with van der Waals surface area (Å²) in [4.78, 5) is 4.58. The SMILES string of the molecule is CCNC(CC1CCOCC1)c1cnc2ccsc2c1. The topological polar surface area (TPSA) is 34.1 Å². The Morgan fingerprint density at radius 3 is 3.10 bits per heavy atom. The molecule has 1 atom stereocenters. The first kappa shape index (κ1) is 14.0. The summed E-state index contributed by atoms with van der Waals surface area (Å²) in [6, 6.07) is 4.81. The largest absolute Gasteiger partial charge is 0.381 e. The van der Waals surface area contributed by atoms with E-state index in [9.17, 15) is 0 Å². The van der Waals surface area contributed by atoms with Gasteiger partial charge >= 0.3 is 0 Å². The minimum atomic E-state index is 0.419. The number of nitrogens with one attached hydrogen (secondary N) is 1. The van der Waals surface area contributed by atoms with Crippen LogP contribution in [0.1, 0.15) is 37.8 Å². The fourth-order valence-corrected chi connectivity index (χ4v) is 3.74. The lowest BCUT2D eigenvalue weighted by Gasteiger charge is -2.27. The van der Waals surface area contributed by atoms with Gasteiger partial charge in [-0.1, -0.05) is 6.92 Å². The van der Waals surface area contributed by atoms with Crippen molar-refractivity contribution in [3.8, 4) is 0 Å². The molecule has 1 N–H and O–H groups in total. The van der Waals surface area contributed by atoms with Crippen molar-refractivity contribution < 1.29 is 4.74 Å². The molecular formula is C16H22N2OS. The molecule has 0 aliphatic carbocycles. The van der Waals surface area contributed by atoms with Gasteiger partial charge in [0.15, 0.2) is 0 Å². The quantitative estimate of drug-likeness (QED) is 0.910. The molecule has 1 saturated heterocycles. The summed E-state index contributed by atoms with van der Waals surface area (Å²) in [5.74, 6) is 0.770. The molecule has 20 heavy (non-hydrogen) atoms. The van der Waals surface area contributed by atoms with Crippen LogP contribution in [-0.2, 0) is 4.74 Å². The number of aromatic nitrogens is 1. The van der Waals surface area contributed by atoms with Gasteiger partial charge in [-0.2, -0.15) is 0 Å². The number of hydrogen-bond acceptors (Lipinski definition) is 4. The molecule has 0 amide bonds. The molecule has 0 radical (unpaired) electrons. The zero-order chi connectivity index (χ0) is 13.8. The number of nitrogens with zero attached hydrogens (tertiary/aromatic N) is 1. The highest BCUT2D eigenvalue weighted by molar-refractivity contribution is 7.17. The van der Waals surface area contributed by atoms with Crippen LogP contribution in [0.25, 0.3) is 10.2 Å². The van der Waals surface area contributed by atoms with Crippen LogP contribution in [0.5, 0.6) is 0 Å². The Kier molecular flexibility index (Phi) is 4.65. The van der Waals surface area contributed by atoms with Crippen LogP contribution in [0.15, 0.2) is 23.7 Å². The van der Waals surface area contributed by atoms with Gasteiger partial charge in [-0.3, -0.25) is 4.98 Å². The molecule has 1 aliphatic heterocycles. The van der Waals surface area contributed by atoms with Crippen LogP contribution in [0, 0.1) is 5.92 Å². The number of ether oxygens (including phenoxy) is 1. The summed E-state index contributed by atoms with van der Waals surface area (Å²) < 4.78 is 6.75. The molecular weight excluding hydrogens is 268 g/mol. The van der Waals surface area contributed by atoms with Crippen molar-refractivity contribution in [2.45, 2.75) is 32.2 Å². The molecule has 2 aromatic heterocycles. The van der Waals surface area contributed by atoms with Crippen molar-refractivity contribution in [1.29, 1.82) is 0 Å². The molecule has 0 spiro atoms. The maximum absolute atomic E-state index is 5.46. The number of thiophene rings is 1. The normalized spacial score (nSPS) is 18.4. The van der Waals surface area contributed by atoms with Gasteiger partial charge in [0, 0.05) is 25.5 Å². The van der Waals surface area contributed by atoms with E-state index in [1.807, 2.05) is 6.20 Å². The Labute approximate surface area is 124 Å². The van der Waals surface area contributed by atoms with Crippen molar-refractivity contribution in [1.82, 2.24) is 10.3 Å². The zero-order valence-corrected chi connectivity index (χ0v) is 12.8. The average molecular weight is 290 g/mol. The van der Waals surface area contributed by atoms with Gasteiger partial charge in [-0.05, 0) is 54.8 Å². The molecule has 0 bridgehead atoms. The highest BCUT2D eigenvalue weighted by atomic mass is 32.1. The first-order valence-corrected chi connectivity index (χ1v) is 8.39. The van der Waals surface area contributed by atoms with E-state index in [1.165, 1.54) is 29.5 Å². The van der Waals surface area contributed by atoms with Crippen LogP contribution in [0.3, 0.4) is 0 Å². The fourth-order valence-electron chi connectivity index (χ4n) is 2.95. The monoisotopic (exact) mass is 290 g/mol. The molecule has 1 fully saturated rings.